The lowest BCUT2D eigenvalue weighted by atomic mass is 10.2. The number of amides is 1. The first-order chi connectivity index (χ1) is 11.1. The number of nitrogens with one attached hydrogen (secondary N) is 2. The number of aryl methyl sites for hydroxylation is 1. The molecule has 1 amide bonds. The molecule has 0 saturated carbocycles. The number of benzene rings is 1. The summed E-state index contributed by atoms with van der Waals surface area (Å²) in [5.41, 5.74) is 2.44. The number of aromatic nitrogens is 2. The van der Waals surface area contributed by atoms with E-state index in [1.807, 2.05) is 38.1 Å². The largest absolute Gasteiger partial charge is 0.497 e. The zero-order chi connectivity index (χ0) is 16.7. The van der Waals surface area contributed by atoms with Gasteiger partial charge in [-0.1, -0.05) is 13.0 Å². The standard InChI is InChI=1S/C17H22N4O2/c1-4-16(21-13-6-5-7-15(8-13)23-3)17(22)20-11-14-10-18-12(2)9-19-14/h5-10,16,21H,4,11H2,1-3H3,(H,20,22). The summed E-state index contributed by atoms with van der Waals surface area (Å²) in [6.07, 6.45) is 4.03. The van der Waals surface area contributed by atoms with Crippen molar-refractivity contribution in [3.05, 3.63) is 48.0 Å². The van der Waals surface area contributed by atoms with Gasteiger partial charge in [0.25, 0.3) is 0 Å². The number of carbonyl (C=O) groups is 1. The van der Waals surface area contributed by atoms with Crippen molar-refractivity contribution in [2.75, 3.05) is 12.4 Å². The van der Waals surface area contributed by atoms with E-state index in [2.05, 4.69) is 20.6 Å². The highest BCUT2D eigenvalue weighted by Crippen LogP contribution is 2.18. The third kappa shape index (κ3) is 4.95. The molecule has 0 aliphatic rings. The maximum absolute atomic E-state index is 12.3. The average Bonchev–Trinajstić information content (AvgIpc) is 2.59. The van der Waals surface area contributed by atoms with E-state index >= 15 is 0 Å². The Morgan fingerprint density at radius 1 is 1.30 bits per heavy atom. The van der Waals surface area contributed by atoms with Crippen molar-refractivity contribution in [2.24, 2.45) is 0 Å². The van der Waals surface area contributed by atoms with Gasteiger partial charge < -0.3 is 15.4 Å². The smallest absolute Gasteiger partial charge is 0.242 e. The van der Waals surface area contributed by atoms with Crippen LogP contribution in [0.5, 0.6) is 5.75 Å². The molecule has 1 aromatic carbocycles. The van der Waals surface area contributed by atoms with E-state index in [0.717, 1.165) is 22.8 Å². The quantitative estimate of drug-likeness (QED) is 0.820. The van der Waals surface area contributed by atoms with Gasteiger partial charge in [-0.2, -0.15) is 0 Å². The van der Waals surface area contributed by atoms with Crippen LogP contribution in [0, 0.1) is 6.92 Å². The van der Waals surface area contributed by atoms with Gasteiger partial charge in [0.2, 0.25) is 5.91 Å². The summed E-state index contributed by atoms with van der Waals surface area (Å²) >= 11 is 0. The van der Waals surface area contributed by atoms with Crippen molar-refractivity contribution in [1.82, 2.24) is 15.3 Å². The van der Waals surface area contributed by atoms with Gasteiger partial charge >= 0.3 is 0 Å². The zero-order valence-corrected chi connectivity index (χ0v) is 13.7. The monoisotopic (exact) mass is 314 g/mol. The van der Waals surface area contributed by atoms with Crippen LogP contribution < -0.4 is 15.4 Å². The second-order valence-corrected chi connectivity index (χ2v) is 5.20. The van der Waals surface area contributed by atoms with Crippen LogP contribution >= 0.6 is 0 Å². The SMILES string of the molecule is CCC(Nc1cccc(OC)c1)C(=O)NCc1cnc(C)cn1. The van der Waals surface area contributed by atoms with Gasteiger partial charge in [-0.05, 0) is 25.5 Å². The molecule has 0 spiro atoms. The highest BCUT2D eigenvalue weighted by Gasteiger charge is 2.16. The molecule has 0 aliphatic carbocycles. The Kier molecular flexibility index (Phi) is 5.91. The van der Waals surface area contributed by atoms with Crippen molar-refractivity contribution in [3.63, 3.8) is 0 Å². The van der Waals surface area contributed by atoms with Crippen LogP contribution in [0.15, 0.2) is 36.7 Å². The minimum Gasteiger partial charge on any atom is -0.497 e. The fourth-order valence-corrected chi connectivity index (χ4v) is 2.08. The summed E-state index contributed by atoms with van der Waals surface area (Å²) in [5, 5.41) is 6.10. The van der Waals surface area contributed by atoms with Gasteiger partial charge in [0.05, 0.1) is 31.2 Å². The van der Waals surface area contributed by atoms with Crippen LogP contribution in [-0.2, 0) is 11.3 Å². The molecule has 2 rings (SSSR count). The third-order valence-electron chi connectivity index (χ3n) is 3.41. The summed E-state index contributed by atoms with van der Waals surface area (Å²) in [6.45, 7) is 4.20. The van der Waals surface area contributed by atoms with Crippen LogP contribution in [0.4, 0.5) is 5.69 Å². The van der Waals surface area contributed by atoms with E-state index in [9.17, 15) is 4.79 Å². The highest BCUT2D eigenvalue weighted by atomic mass is 16.5. The number of anilines is 1. The minimum atomic E-state index is -0.319. The number of hydrogen-bond acceptors (Lipinski definition) is 5. The minimum absolute atomic E-state index is 0.0716. The predicted molar refractivity (Wildman–Crippen MR) is 89.3 cm³/mol. The molecule has 2 N–H and O–H groups in total. The summed E-state index contributed by atoms with van der Waals surface area (Å²) in [4.78, 5) is 20.7. The zero-order valence-electron chi connectivity index (χ0n) is 13.7. The van der Waals surface area contributed by atoms with E-state index in [-0.39, 0.29) is 11.9 Å². The lowest BCUT2D eigenvalue weighted by Crippen LogP contribution is -2.39. The summed E-state index contributed by atoms with van der Waals surface area (Å²) < 4.78 is 5.19. The molecule has 6 nitrogen and oxygen atoms in total. The van der Waals surface area contributed by atoms with E-state index in [0.29, 0.717) is 13.0 Å². The first-order valence-electron chi connectivity index (χ1n) is 7.58. The number of hydrogen-bond donors (Lipinski definition) is 2. The number of ether oxygens (including phenoxy) is 1. The van der Waals surface area contributed by atoms with Gasteiger partial charge in [0.1, 0.15) is 11.8 Å². The topological polar surface area (TPSA) is 76.1 Å². The van der Waals surface area contributed by atoms with Crippen molar-refractivity contribution in [1.29, 1.82) is 0 Å². The molecule has 0 fully saturated rings. The Morgan fingerprint density at radius 3 is 2.78 bits per heavy atom. The fourth-order valence-electron chi connectivity index (χ4n) is 2.08. The van der Waals surface area contributed by atoms with E-state index in [1.54, 1.807) is 19.5 Å². The Labute approximate surface area is 136 Å². The molecule has 0 bridgehead atoms. The van der Waals surface area contributed by atoms with Crippen LogP contribution in [0.25, 0.3) is 0 Å². The average molecular weight is 314 g/mol. The second-order valence-electron chi connectivity index (χ2n) is 5.20. The molecule has 122 valence electrons. The number of nitrogens with zero attached hydrogens (tertiary/aromatic N) is 2. The molecular weight excluding hydrogens is 292 g/mol. The lowest BCUT2D eigenvalue weighted by Gasteiger charge is -2.18. The van der Waals surface area contributed by atoms with Gasteiger partial charge in [-0.15, -0.1) is 0 Å². The summed E-state index contributed by atoms with van der Waals surface area (Å²) in [7, 11) is 1.62. The molecule has 1 atom stereocenters. The molecule has 2 aromatic rings. The number of rotatable bonds is 7. The van der Waals surface area contributed by atoms with Crippen LogP contribution in [-0.4, -0.2) is 29.0 Å². The van der Waals surface area contributed by atoms with E-state index in [4.69, 9.17) is 4.74 Å². The molecule has 0 aliphatic heterocycles. The molecule has 23 heavy (non-hydrogen) atoms. The van der Waals surface area contributed by atoms with Crippen LogP contribution in [0.2, 0.25) is 0 Å². The lowest BCUT2D eigenvalue weighted by molar-refractivity contribution is -0.122. The van der Waals surface area contributed by atoms with Crippen molar-refractivity contribution in [2.45, 2.75) is 32.9 Å². The Hall–Kier alpha value is -2.63. The third-order valence-corrected chi connectivity index (χ3v) is 3.41. The van der Waals surface area contributed by atoms with Crippen molar-refractivity contribution in [3.8, 4) is 5.75 Å². The summed E-state index contributed by atoms with van der Waals surface area (Å²) in [5.74, 6) is 0.679. The van der Waals surface area contributed by atoms with E-state index < -0.39 is 0 Å². The summed E-state index contributed by atoms with van der Waals surface area (Å²) in [6, 6.07) is 7.20. The molecule has 0 saturated heterocycles. The molecule has 1 aromatic heterocycles. The Bertz CT molecular complexity index is 643. The number of methoxy groups -OCH3 is 1. The second kappa shape index (κ2) is 8.12. The molecule has 6 heteroatoms. The van der Waals surface area contributed by atoms with Crippen LogP contribution in [0.3, 0.4) is 0 Å². The first-order valence-corrected chi connectivity index (χ1v) is 7.58. The van der Waals surface area contributed by atoms with Crippen LogP contribution in [0.1, 0.15) is 24.7 Å². The van der Waals surface area contributed by atoms with Gasteiger partial charge in [-0.25, -0.2) is 0 Å². The van der Waals surface area contributed by atoms with Gasteiger partial charge in [0.15, 0.2) is 0 Å². The first kappa shape index (κ1) is 16.7. The maximum atomic E-state index is 12.3. The van der Waals surface area contributed by atoms with Crippen molar-refractivity contribution >= 4 is 11.6 Å². The normalized spacial score (nSPS) is 11.6. The highest BCUT2D eigenvalue weighted by molar-refractivity contribution is 5.84. The van der Waals surface area contributed by atoms with Crippen molar-refractivity contribution < 1.29 is 9.53 Å². The van der Waals surface area contributed by atoms with E-state index in [1.165, 1.54) is 0 Å². The Balaban J connectivity index is 1.93. The molecule has 0 radical (unpaired) electrons. The van der Waals surface area contributed by atoms with Gasteiger partial charge in [-0.3, -0.25) is 14.8 Å². The fraction of sp³-hybridized carbons (Fsp3) is 0.353. The van der Waals surface area contributed by atoms with Gasteiger partial charge in [0, 0.05) is 18.0 Å². The maximum Gasteiger partial charge on any atom is 0.242 e. The molecular formula is C17H22N4O2. The number of carbonyl (C=O) groups excluding carboxylic acids is 1. The predicted octanol–water partition coefficient (Wildman–Crippen LogP) is 2.30. The Morgan fingerprint density at radius 2 is 2.13 bits per heavy atom. The molecule has 1 heterocycles. The molecule has 1 unspecified atom stereocenters.